The van der Waals surface area contributed by atoms with Gasteiger partial charge in [0.15, 0.2) is 5.13 Å². The molecule has 0 atom stereocenters. The fourth-order valence-electron chi connectivity index (χ4n) is 3.46. The van der Waals surface area contributed by atoms with Crippen molar-refractivity contribution in [3.63, 3.8) is 0 Å². The normalized spacial score (nSPS) is 14.8. The highest BCUT2D eigenvalue weighted by Gasteiger charge is 2.16. The van der Waals surface area contributed by atoms with E-state index in [0.717, 1.165) is 11.3 Å². The number of aromatic amines is 1. The van der Waals surface area contributed by atoms with Gasteiger partial charge < -0.3 is 0 Å². The lowest BCUT2D eigenvalue weighted by Crippen LogP contribution is -2.17. The number of hydrogen-bond acceptors (Lipinski definition) is 5. The topological polar surface area (TPSA) is 87.7 Å². The number of amides is 1. The number of thiazole rings is 1. The first-order chi connectivity index (χ1) is 13.2. The fraction of sp³-hybridized carbons (Fsp3) is 0.300. The fourth-order valence-corrected chi connectivity index (χ4v) is 4.17. The number of H-pyrrole nitrogens is 1. The Morgan fingerprint density at radius 2 is 1.85 bits per heavy atom. The van der Waals surface area contributed by atoms with E-state index in [1.807, 2.05) is 5.38 Å². The number of nitrogens with zero attached hydrogens (tertiary/aromatic N) is 2. The third-order valence-electron chi connectivity index (χ3n) is 4.92. The van der Waals surface area contributed by atoms with E-state index in [0.29, 0.717) is 11.0 Å². The minimum Gasteiger partial charge on any atom is -0.296 e. The maximum Gasteiger partial charge on any atom is 0.277 e. The van der Waals surface area contributed by atoms with E-state index >= 15 is 0 Å². The van der Waals surface area contributed by atoms with Crippen molar-refractivity contribution in [1.82, 2.24) is 15.2 Å². The second-order valence-electron chi connectivity index (χ2n) is 6.76. The van der Waals surface area contributed by atoms with Gasteiger partial charge in [-0.2, -0.15) is 5.10 Å². The largest absolute Gasteiger partial charge is 0.296 e. The van der Waals surface area contributed by atoms with Gasteiger partial charge in [-0.25, -0.2) is 10.1 Å². The Bertz CT molecular complexity index is 967. The molecule has 1 fully saturated rings. The van der Waals surface area contributed by atoms with Gasteiger partial charge in [0, 0.05) is 17.0 Å². The Kier molecular flexibility index (Phi) is 5.11. The molecule has 1 aromatic carbocycles. The van der Waals surface area contributed by atoms with E-state index in [9.17, 15) is 9.59 Å². The number of rotatable bonds is 4. The molecule has 2 aromatic heterocycles. The number of carbonyl (C=O) groups excluding carboxylic acids is 1. The van der Waals surface area contributed by atoms with Gasteiger partial charge in [0.2, 0.25) is 0 Å². The molecule has 27 heavy (non-hydrogen) atoms. The van der Waals surface area contributed by atoms with Crippen LogP contribution in [0.25, 0.3) is 11.3 Å². The highest BCUT2D eigenvalue weighted by atomic mass is 32.1. The van der Waals surface area contributed by atoms with Gasteiger partial charge in [-0.1, -0.05) is 43.5 Å². The van der Waals surface area contributed by atoms with Crippen LogP contribution in [0.1, 0.15) is 54.1 Å². The van der Waals surface area contributed by atoms with Crippen LogP contribution in [0.4, 0.5) is 5.13 Å². The van der Waals surface area contributed by atoms with Crippen molar-refractivity contribution in [2.24, 2.45) is 0 Å². The SMILES string of the molecule is O=C(Nc1nc(-c2ccc(C3CCCCC3)cc2)cs1)c1ccc(=O)[nH]n1. The monoisotopic (exact) mass is 380 g/mol. The van der Waals surface area contributed by atoms with Gasteiger partial charge in [-0.05, 0) is 30.4 Å². The minimum atomic E-state index is -0.403. The minimum absolute atomic E-state index is 0.142. The molecular weight excluding hydrogens is 360 g/mol. The van der Waals surface area contributed by atoms with Gasteiger partial charge in [-0.3, -0.25) is 14.9 Å². The summed E-state index contributed by atoms with van der Waals surface area (Å²) in [5.74, 6) is 0.280. The standard InChI is InChI=1S/C20H20N4O2S/c25-18-11-10-16(23-24-18)19(26)22-20-21-17(12-27-20)15-8-6-14(7-9-15)13-4-2-1-3-5-13/h6-13H,1-5H2,(H,24,25)(H,21,22,26). The molecule has 1 amide bonds. The summed E-state index contributed by atoms with van der Waals surface area (Å²) in [6, 6.07) is 11.3. The van der Waals surface area contributed by atoms with Crippen LogP contribution in [-0.2, 0) is 0 Å². The molecule has 138 valence electrons. The lowest BCUT2D eigenvalue weighted by atomic mass is 9.84. The number of nitrogens with one attached hydrogen (secondary N) is 2. The molecule has 4 rings (SSSR count). The molecule has 0 unspecified atom stereocenters. The lowest BCUT2D eigenvalue weighted by Gasteiger charge is -2.22. The van der Waals surface area contributed by atoms with Crippen LogP contribution < -0.4 is 10.9 Å². The number of aromatic nitrogens is 3. The predicted molar refractivity (Wildman–Crippen MR) is 106 cm³/mol. The molecule has 0 bridgehead atoms. The second-order valence-corrected chi connectivity index (χ2v) is 7.61. The zero-order chi connectivity index (χ0) is 18.6. The van der Waals surface area contributed by atoms with E-state index in [4.69, 9.17) is 0 Å². The van der Waals surface area contributed by atoms with Crippen LogP contribution in [0.15, 0.2) is 46.6 Å². The summed E-state index contributed by atoms with van der Waals surface area (Å²) in [7, 11) is 0. The molecule has 1 saturated carbocycles. The van der Waals surface area contributed by atoms with Crippen molar-refractivity contribution in [2.45, 2.75) is 38.0 Å². The molecule has 2 N–H and O–H groups in total. The smallest absolute Gasteiger partial charge is 0.277 e. The van der Waals surface area contributed by atoms with Gasteiger partial charge >= 0.3 is 0 Å². The summed E-state index contributed by atoms with van der Waals surface area (Å²) in [5.41, 5.74) is 3.07. The number of benzene rings is 1. The highest BCUT2D eigenvalue weighted by Crippen LogP contribution is 2.34. The molecule has 3 aromatic rings. The molecular formula is C20H20N4O2S. The summed E-state index contributed by atoms with van der Waals surface area (Å²) in [6.45, 7) is 0. The number of hydrogen-bond donors (Lipinski definition) is 2. The highest BCUT2D eigenvalue weighted by molar-refractivity contribution is 7.14. The van der Waals surface area contributed by atoms with Crippen molar-refractivity contribution in [3.05, 3.63) is 63.4 Å². The van der Waals surface area contributed by atoms with E-state index in [1.165, 1.54) is 61.1 Å². The Balaban J connectivity index is 1.44. The number of carbonyl (C=O) groups is 1. The molecule has 0 saturated heterocycles. The summed E-state index contributed by atoms with van der Waals surface area (Å²) >= 11 is 1.36. The van der Waals surface area contributed by atoms with Crippen molar-refractivity contribution >= 4 is 22.4 Å². The Hall–Kier alpha value is -2.80. The average molecular weight is 380 g/mol. The zero-order valence-electron chi connectivity index (χ0n) is 14.8. The lowest BCUT2D eigenvalue weighted by molar-refractivity contribution is 0.102. The first kappa shape index (κ1) is 17.6. The van der Waals surface area contributed by atoms with E-state index in [-0.39, 0.29) is 11.3 Å². The predicted octanol–water partition coefficient (Wildman–Crippen LogP) is 4.19. The first-order valence-electron chi connectivity index (χ1n) is 9.12. The quantitative estimate of drug-likeness (QED) is 0.710. The Labute approximate surface area is 160 Å². The summed E-state index contributed by atoms with van der Waals surface area (Å²) in [5, 5.41) is 11.1. The van der Waals surface area contributed by atoms with Crippen molar-refractivity contribution in [3.8, 4) is 11.3 Å². The van der Waals surface area contributed by atoms with Crippen LogP contribution in [0.2, 0.25) is 0 Å². The van der Waals surface area contributed by atoms with Gasteiger partial charge in [0.05, 0.1) is 5.69 Å². The maximum absolute atomic E-state index is 12.2. The third kappa shape index (κ3) is 4.14. The van der Waals surface area contributed by atoms with Gasteiger partial charge in [0.1, 0.15) is 5.69 Å². The van der Waals surface area contributed by atoms with E-state index in [2.05, 4.69) is 44.8 Å². The first-order valence-corrected chi connectivity index (χ1v) is 10.00. The molecule has 1 aliphatic rings. The molecule has 6 nitrogen and oxygen atoms in total. The second kappa shape index (κ2) is 7.84. The Morgan fingerprint density at radius 1 is 1.07 bits per heavy atom. The number of anilines is 1. The van der Waals surface area contributed by atoms with Crippen molar-refractivity contribution < 1.29 is 4.79 Å². The van der Waals surface area contributed by atoms with Crippen LogP contribution >= 0.6 is 11.3 Å². The van der Waals surface area contributed by atoms with Crippen LogP contribution in [0, 0.1) is 0 Å². The van der Waals surface area contributed by atoms with Crippen LogP contribution in [0.5, 0.6) is 0 Å². The molecule has 2 heterocycles. The summed E-state index contributed by atoms with van der Waals surface area (Å²) in [4.78, 5) is 27.7. The average Bonchev–Trinajstić information content (AvgIpc) is 3.18. The maximum atomic E-state index is 12.2. The van der Waals surface area contributed by atoms with Crippen molar-refractivity contribution in [2.75, 3.05) is 5.32 Å². The van der Waals surface area contributed by atoms with E-state index in [1.54, 1.807) is 0 Å². The third-order valence-corrected chi connectivity index (χ3v) is 5.68. The molecule has 0 aliphatic heterocycles. The molecule has 0 radical (unpaired) electrons. The zero-order valence-corrected chi connectivity index (χ0v) is 15.6. The van der Waals surface area contributed by atoms with Crippen LogP contribution in [0.3, 0.4) is 0 Å². The molecule has 7 heteroatoms. The van der Waals surface area contributed by atoms with Gasteiger partial charge in [-0.15, -0.1) is 11.3 Å². The summed E-state index contributed by atoms with van der Waals surface area (Å²) < 4.78 is 0. The van der Waals surface area contributed by atoms with Crippen LogP contribution in [-0.4, -0.2) is 21.1 Å². The molecule has 1 aliphatic carbocycles. The van der Waals surface area contributed by atoms with Crippen molar-refractivity contribution in [1.29, 1.82) is 0 Å². The summed E-state index contributed by atoms with van der Waals surface area (Å²) in [6.07, 6.45) is 6.57. The molecule has 0 spiro atoms. The Morgan fingerprint density at radius 3 is 2.56 bits per heavy atom. The van der Waals surface area contributed by atoms with E-state index < -0.39 is 5.91 Å². The van der Waals surface area contributed by atoms with Gasteiger partial charge in [0.25, 0.3) is 11.5 Å².